The molecule has 1 aromatic heterocycles. The predicted molar refractivity (Wildman–Crippen MR) is 60.6 cm³/mol. The SMILES string of the molecule is CC1CCc2ncccc2C1NC1CC1. The van der Waals surface area contributed by atoms with Gasteiger partial charge in [-0.25, -0.2) is 0 Å². The van der Waals surface area contributed by atoms with E-state index < -0.39 is 0 Å². The number of hydrogen-bond donors (Lipinski definition) is 1. The summed E-state index contributed by atoms with van der Waals surface area (Å²) >= 11 is 0. The van der Waals surface area contributed by atoms with E-state index in [0.717, 1.165) is 18.4 Å². The number of fused-ring (bicyclic) bond motifs is 1. The topological polar surface area (TPSA) is 24.9 Å². The Hall–Kier alpha value is -0.890. The maximum atomic E-state index is 4.49. The largest absolute Gasteiger partial charge is 0.307 e. The zero-order valence-corrected chi connectivity index (χ0v) is 9.24. The number of aromatic nitrogens is 1. The van der Waals surface area contributed by atoms with Crippen LogP contribution in [0.2, 0.25) is 0 Å². The molecule has 1 aromatic rings. The monoisotopic (exact) mass is 202 g/mol. The Morgan fingerprint density at radius 1 is 1.33 bits per heavy atom. The van der Waals surface area contributed by atoms with Gasteiger partial charge in [-0.3, -0.25) is 4.98 Å². The standard InChI is InChI=1S/C13H18N2/c1-9-4-7-12-11(3-2-8-14-12)13(9)15-10-5-6-10/h2-3,8-10,13,15H,4-7H2,1H3. The van der Waals surface area contributed by atoms with E-state index in [9.17, 15) is 0 Å². The Morgan fingerprint density at radius 3 is 3.00 bits per heavy atom. The minimum atomic E-state index is 0.551. The van der Waals surface area contributed by atoms with Gasteiger partial charge >= 0.3 is 0 Å². The maximum absolute atomic E-state index is 4.49. The molecule has 0 aliphatic heterocycles. The van der Waals surface area contributed by atoms with Gasteiger partial charge < -0.3 is 5.32 Å². The average molecular weight is 202 g/mol. The van der Waals surface area contributed by atoms with Crippen LogP contribution in [-0.2, 0) is 6.42 Å². The van der Waals surface area contributed by atoms with E-state index in [1.54, 1.807) is 0 Å². The van der Waals surface area contributed by atoms with Gasteiger partial charge in [-0.15, -0.1) is 0 Å². The predicted octanol–water partition coefficient (Wildman–Crippen LogP) is 2.46. The van der Waals surface area contributed by atoms with Crippen molar-refractivity contribution in [3.05, 3.63) is 29.6 Å². The molecule has 1 saturated carbocycles. The zero-order valence-electron chi connectivity index (χ0n) is 9.24. The highest BCUT2D eigenvalue weighted by Gasteiger charge is 2.32. The molecule has 0 aromatic carbocycles. The lowest BCUT2D eigenvalue weighted by molar-refractivity contribution is 0.339. The van der Waals surface area contributed by atoms with Crippen LogP contribution in [0.15, 0.2) is 18.3 Å². The smallest absolute Gasteiger partial charge is 0.0451 e. The normalized spacial score (nSPS) is 29.9. The summed E-state index contributed by atoms with van der Waals surface area (Å²) in [6.07, 6.45) is 7.06. The average Bonchev–Trinajstić information content (AvgIpc) is 3.06. The summed E-state index contributed by atoms with van der Waals surface area (Å²) in [6, 6.07) is 5.65. The highest BCUT2D eigenvalue weighted by molar-refractivity contribution is 5.27. The van der Waals surface area contributed by atoms with E-state index in [0.29, 0.717) is 6.04 Å². The van der Waals surface area contributed by atoms with Gasteiger partial charge in [0.15, 0.2) is 0 Å². The zero-order chi connectivity index (χ0) is 10.3. The second kappa shape index (κ2) is 3.60. The molecule has 0 radical (unpaired) electrons. The van der Waals surface area contributed by atoms with Gasteiger partial charge in [0, 0.05) is 24.0 Å². The summed E-state index contributed by atoms with van der Waals surface area (Å²) < 4.78 is 0. The summed E-state index contributed by atoms with van der Waals surface area (Å²) in [5.41, 5.74) is 2.76. The molecule has 80 valence electrons. The molecule has 3 rings (SSSR count). The van der Waals surface area contributed by atoms with Crippen LogP contribution in [0, 0.1) is 5.92 Å². The molecule has 0 spiro atoms. The number of nitrogens with zero attached hydrogens (tertiary/aromatic N) is 1. The molecule has 15 heavy (non-hydrogen) atoms. The third kappa shape index (κ3) is 1.78. The van der Waals surface area contributed by atoms with Crippen molar-refractivity contribution in [3.8, 4) is 0 Å². The maximum Gasteiger partial charge on any atom is 0.0451 e. The van der Waals surface area contributed by atoms with Gasteiger partial charge in [0.2, 0.25) is 0 Å². The van der Waals surface area contributed by atoms with Crippen LogP contribution in [0.5, 0.6) is 0 Å². The van der Waals surface area contributed by atoms with E-state index in [-0.39, 0.29) is 0 Å². The number of nitrogens with one attached hydrogen (secondary N) is 1. The van der Waals surface area contributed by atoms with E-state index in [4.69, 9.17) is 0 Å². The van der Waals surface area contributed by atoms with Crippen molar-refractivity contribution in [2.45, 2.75) is 44.7 Å². The van der Waals surface area contributed by atoms with Crippen molar-refractivity contribution in [1.82, 2.24) is 10.3 Å². The minimum absolute atomic E-state index is 0.551. The second-order valence-electron chi connectivity index (χ2n) is 4.97. The van der Waals surface area contributed by atoms with Crippen LogP contribution in [-0.4, -0.2) is 11.0 Å². The first-order valence-corrected chi connectivity index (χ1v) is 6.04. The molecule has 2 aliphatic carbocycles. The highest BCUT2D eigenvalue weighted by Crippen LogP contribution is 2.35. The van der Waals surface area contributed by atoms with Crippen molar-refractivity contribution in [2.24, 2.45) is 5.92 Å². The summed E-state index contributed by atoms with van der Waals surface area (Å²) in [5, 5.41) is 3.76. The fourth-order valence-corrected chi connectivity index (χ4v) is 2.54. The third-order valence-electron chi connectivity index (χ3n) is 3.66. The van der Waals surface area contributed by atoms with E-state index in [1.165, 1.54) is 30.5 Å². The molecule has 1 N–H and O–H groups in total. The fourth-order valence-electron chi connectivity index (χ4n) is 2.54. The van der Waals surface area contributed by atoms with Gasteiger partial charge in [-0.1, -0.05) is 13.0 Å². The van der Waals surface area contributed by atoms with Crippen LogP contribution in [0.25, 0.3) is 0 Å². The van der Waals surface area contributed by atoms with E-state index in [1.807, 2.05) is 6.20 Å². The number of hydrogen-bond acceptors (Lipinski definition) is 2. The molecular formula is C13H18N2. The van der Waals surface area contributed by atoms with Gasteiger partial charge in [-0.2, -0.15) is 0 Å². The number of rotatable bonds is 2. The summed E-state index contributed by atoms with van der Waals surface area (Å²) in [6.45, 7) is 2.36. The number of aryl methyl sites for hydroxylation is 1. The molecule has 2 heteroatoms. The van der Waals surface area contributed by atoms with Crippen molar-refractivity contribution in [2.75, 3.05) is 0 Å². The Kier molecular flexibility index (Phi) is 2.24. The van der Waals surface area contributed by atoms with Crippen LogP contribution < -0.4 is 5.32 Å². The van der Waals surface area contributed by atoms with Gasteiger partial charge in [0.1, 0.15) is 0 Å². The van der Waals surface area contributed by atoms with Gasteiger partial charge in [0.05, 0.1) is 0 Å². The molecule has 2 nitrogen and oxygen atoms in total. The van der Waals surface area contributed by atoms with Crippen LogP contribution in [0.1, 0.15) is 43.5 Å². The summed E-state index contributed by atoms with van der Waals surface area (Å²) in [7, 11) is 0. The van der Waals surface area contributed by atoms with Gasteiger partial charge in [-0.05, 0) is 43.2 Å². The quantitative estimate of drug-likeness (QED) is 0.797. The first-order chi connectivity index (χ1) is 7.34. The van der Waals surface area contributed by atoms with Crippen LogP contribution >= 0.6 is 0 Å². The lowest BCUT2D eigenvalue weighted by atomic mass is 9.83. The summed E-state index contributed by atoms with van der Waals surface area (Å²) in [5.74, 6) is 0.752. The molecule has 1 heterocycles. The fraction of sp³-hybridized carbons (Fsp3) is 0.615. The Balaban J connectivity index is 1.90. The Morgan fingerprint density at radius 2 is 2.20 bits per heavy atom. The Labute approximate surface area is 91.1 Å². The summed E-state index contributed by atoms with van der Waals surface area (Å²) in [4.78, 5) is 4.49. The van der Waals surface area contributed by atoms with Crippen molar-refractivity contribution >= 4 is 0 Å². The molecule has 0 saturated heterocycles. The first-order valence-electron chi connectivity index (χ1n) is 6.04. The lowest BCUT2D eigenvalue weighted by Gasteiger charge is -2.31. The second-order valence-corrected chi connectivity index (χ2v) is 4.97. The van der Waals surface area contributed by atoms with Crippen LogP contribution in [0.4, 0.5) is 0 Å². The molecule has 0 amide bonds. The lowest BCUT2D eigenvalue weighted by Crippen LogP contribution is -2.32. The third-order valence-corrected chi connectivity index (χ3v) is 3.66. The molecular weight excluding hydrogens is 184 g/mol. The van der Waals surface area contributed by atoms with Crippen LogP contribution in [0.3, 0.4) is 0 Å². The first kappa shape index (κ1) is 9.34. The van der Waals surface area contributed by atoms with E-state index >= 15 is 0 Å². The molecule has 2 unspecified atom stereocenters. The van der Waals surface area contributed by atoms with Crippen molar-refractivity contribution in [3.63, 3.8) is 0 Å². The molecule has 0 bridgehead atoms. The minimum Gasteiger partial charge on any atom is -0.307 e. The van der Waals surface area contributed by atoms with Crippen molar-refractivity contribution in [1.29, 1.82) is 0 Å². The molecule has 2 atom stereocenters. The molecule has 1 fully saturated rings. The Bertz CT molecular complexity index is 357. The molecule has 2 aliphatic rings. The van der Waals surface area contributed by atoms with E-state index in [2.05, 4.69) is 29.4 Å². The van der Waals surface area contributed by atoms with Crippen molar-refractivity contribution < 1.29 is 0 Å². The number of pyridine rings is 1. The highest BCUT2D eigenvalue weighted by atomic mass is 15.0. The van der Waals surface area contributed by atoms with Gasteiger partial charge in [0.25, 0.3) is 0 Å².